The highest BCUT2D eigenvalue weighted by Crippen LogP contribution is 2.51. The molecule has 0 bridgehead atoms. The number of halogens is 1. The van der Waals surface area contributed by atoms with Crippen molar-refractivity contribution >= 4 is 33.0 Å². The van der Waals surface area contributed by atoms with Crippen molar-refractivity contribution in [3.63, 3.8) is 0 Å². The predicted molar refractivity (Wildman–Crippen MR) is 228 cm³/mol. The van der Waals surface area contributed by atoms with Gasteiger partial charge in [0.1, 0.15) is 0 Å². The van der Waals surface area contributed by atoms with Gasteiger partial charge < -0.3 is 4.90 Å². The molecular formula is C51H38BrN. The van der Waals surface area contributed by atoms with Gasteiger partial charge in [0.2, 0.25) is 0 Å². The van der Waals surface area contributed by atoms with Gasteiger partial charge in [-0.05, 0) is 109 Å². The van der Waals surface area contributed by atoms with Crippen molar-refractivity contribution in [3.8, 4) is 55.6 Å². The Labute approximate surface area is 321 Å². The second-order valence-corrected chi connectivity index (χ2v) is 15.1. The molecule has 0 saturated heterocycles. The van der Waals surface area contributed by atoms with E-state index >= 15 is 0 Å². The molecular weight excluding hydrogens is 706 g/mol. The lowest BCUT2D eigenvalue weighted by molar-refractivity contribution is 0.660. The fourth-order valence-electron chi connectivity index (χ4n) is 8.15. The average Bonchev–Trinajstić information content (AvgIpc) is 3.44. The summed E-state index contributed by atoms with van der Waals surface area (Å²) in [5.41, 5.74) is 18.2. The molecule has 0 spiro atoms. The van der Waals surface area contributed by atoms with E-state index in [2.05, 4.69) is 229 Å². The van der Waals surface area contributed by atoms with Gasteiger partial charge in [0.25, 0.3) is 0 Å². The summed E-state index contributed by atoms with van der Waals surface area (Å²) < 4.78 is 1.08. The van der Waals surface area contributed by atoms with E-state index in [0.717, 1.165) is 27.1 Å². The average molecular weight is 745 g/mol. The first-order valence-corrected chi connectivity index (χ1v) is 19.0. The number of nitrogens with zero attached hydrogens (tertiary/aromatic N) is 1. The number of anilines is 3. The summed E-state index contributed by atoms with van der Waals surface area (Å²) in [7, 11) is 0. The van der Waals surface area contributed by atoms with Gasteiger partial charge in [0, 0.05) is 26.9 Å². The van der Waals surface area contributed by atoms with Crippen molar-refractivity contribution in [2.75, 3.05) is 4.90 Å². The molecule has 254 valence electrons. The Morgan fingerprint density at radius 2 is 0.811 bits per heavy atom. The van der Waals surface area contributed by atoms with Gasteiger partial charge in [0.15, 0.2) is 0 Å². The van der Waals surface area contributed by atoms with Gasteiger partial charge in [0.05, 0.1) is 0 Å². The van der Waals surface area contributed by atoms with E-state index in [1.165, 1.54) is 61.2 Å². The van der Waals surface area contributed by atoms with Crippen molar-refractivity contribution < 1.29 is 0 Å². The van der Waals surface area contributed by atoms with Crippen molar-refractivity contribution in [1.82, 2.24) is 0 Å². The summed E-state index contributed by atoms with van der Waals surface area (Å²) in [5.74, 6) is 0. The van der Waals surface area contributed by atoms with Gasteiger partial charge in [-0.2, -0.15) is 0 Å². The standard InChI is InChI=1S/C51H38BrN/c1-51(2)48-28-12-10-26-45(48)46-31-30-40(34-49(46)51)53(38-20-14-18-36(32-38)35-16-4-3-5-17-35)39-21-15-19-37(33-39)41-22-6-7-23-42(41)43-24-8-9-25-44(43)47-27-11-13-29-50(47)52/h3-34H,1-2H3. The van der Waals surface area contributed by atoms with Crippen molar-refractivity contribution in [1.29, 1.82) is 0 Å². The van der Waals surface area contributed by atoms with Crippen LogP contribution in [0.5, 0.6) is 0 Å². The Balaban J connectivity index is 1.21. The summed E-state index contributed by atoms with van der Waals surface area (Å²) in [6.07, 6.45) is 0. The van der Waals surface area contributed by atoms with Crippen LogP contribution in [0.25, 0.3) is 55.6 Å². The fraction of sp³-hybridized carbons (Fsp3) is 0.0588. The smallest absolute Gasteiger partial charge is 0.0467 e. The number of hydrogen-bond donors (Lipinski definition) is 0. The molecule has 0 radical (unpaired) electrons. The molecule has 53 heavy (non-hydrogen) atoms. The molecule has 0 atom stereocenters. The topological polar surface area (TPSA) is 3.24 Å². The maximum absolute atomic E-state index is 3.82. The molecule has 2 heteroatoms. The molecule has 0 N–H and O–H groups in total. The van der Waals surface area contributed by atoms with E-state index in [1.54, 1.807) is 0 Å². The predicted octanol–water partition coefficient (Wildman–Crippen LogP) is 14.9. The lowest BCUT2D eigenvalue weighted by Gasteiger charge is -2.29. The Kier molecular flexibility index (Phi) is 8.41. The summed E-state index contributed by atoms with van der Waals surface area (Å²) in [6, 6.07) is 70.5. The third-order valence-corrected chi connectivity index (χ3v) is 11.5. The zero-order valence-corrected chi connectivity index (χ0v) is 31.4. The highest BCUT2D eigenvalue weighted by Gasteiger charge is 2.35. The molecule has 0 fully saturated rings. The Bertz CT molecular complexity index is 2620. The van der Waals surface area contributed by atoms with Crippen LogP contribution in [0.3, 0.4) is 0 Å². The quantitative estimate of drug-likeness (QED) is 0.157. The molecule has 0 unspecified atom stereocenters. The van der Waals surface area contributed by atoms with Crippen molar-refractivity contribution in [2.45, 2.75) is 19.3 Å². The number of benzene rings is 8. The van der Waals surface area contributed by atoms with E-state index < -0.39 is 0 Å². The van der Waals surface area contributed by atoms with Gasteiger partial charge in [-0.1, -0.05) is 181 Å². The first kappa shape index (κ1) is 32.9. The first-order chi connectivity index (χ1) is 26.0. The maximum atomic E-state index is 3.82. The molecule has 0 aliphatic heterocycles. The molecule has 1 aliphatic carbocycles. The van der Waals surface area contributed by atoms with Crippen LogP contribution in [0.2, 0.25) is 0 Å². The molecule has 1 nitrogen and oxygen atoms in total. The van der Waals surface area contributed by atoms with Crippen LogP contribution in [0.4, 0.5) is 17.1 Å². The van der Waals surface area contributed by atoms with E-state index in [4.69, 9.17) is 0 Å². The molecule has 0 heterocycles. The third kappa shape index (κ3) is 5.90. The van der Waals surface area contributed by atoms with Gasteiger partial charge >= 0.3 is 0 Å². The largest absolute Gasteiger partial charge is 0.310 e. The molecule has 0 saturated carbocycles. The lowest BCUT2D eigenvalue weighted by Crippen LogP contribution is -2.16. The number of rotatable bonds is 7. The monoisotopic (exact) mass is 743 g/mol. The van der Waals surface area contributed by atoms with Crippen LogP contribution in [0, 0.1) is 0 Å². The molecule has 8 aromatic rings. The molecule has 1 aliphatic rings. The maximum Gasteiger partial charge on any atom is 0.0467 e. The fourth-order valence-corrected chi connectivity index (χ4v) is 8.65. The molecule has 9 rings (SSSR count). The second kappa shape index (κ2) is 13.5. The van der Waals surface area contributed by atoms with Gasteiger partial charge in [-0.25, -0.2) is 0 Å². The van der Waals surface area contributed by atoms with E-state index in [1.807, 2.05) is 0 Å². The summed E-state index contributed by atoms with van der Waals surface area (Å²) >= 11 is 3.82. The van der Waals surface area contributed by atoms with Crippen LogP contribution in [0.1, 0.15) is 25.0 Å². The second-order valence-electron chi connectivity index (χ2n) is 14.3. The number of hydrogen-bond acceptors (Lipinski definition) is 1. The van der Waals surface area contributed by atoms with Gasteiger partial charge in [-0.3, -0.25) is 0 Å². The highest BCUT2D eigenvalue weighted by atomic mass is 79.9. The van der Waals surface area contributed by atoms with Crippen LogP contribution in [-0.2, 0) is 5.41 Å². The minimum absolute atomic E-state index is 0.110. The zero-order chi connectivity index (χ0) is 35.9. The van der Waals surface area contributed by atoms with Crippen LogP contribution in [0.15, 0.2) is 199 Å². The third-order valence-electron chi connectivity index (χ3n) is 10.8. The minimum Gasteiger partial charge on any atom is -0.310 e. The van der Waals surface area contributed by atoms with E-state index in [0.29, 0.717) is 0 Å². The van der Waals surface area contributed by atoms with Crippen LogP contribution in [-0.4, -0.2) is 0 Å². The molecule has 0 aromatic heterocycles. The van der Waals surface area contributed by atoms with E-state index in [-0.39, 0.29) is 5.41 Å². The van der Waals surface area contributed by atoms with E-state index in [9.17, 15) is 0 Å². The van der Waals surface area contributed by atoms with Gasteiger partial charge in [-0.15, -0.1) is 0 Å². The molecule has 8 aromatic carbocycles. The summed E-state index contributed by atoms with van der Waals surface area (Å²) in [5, 5.41) is 0. The lowest BCUT2D eigenvalue weighted by atomic mass is 9.82. The van der Waals surface area contributed by atoms with Crippen LogP contribution < -0.4 is 4.90 Å². The highest BCUT2D eigenvalue weighted by molar-refractivity contribution is 9.10. The Hall–Kier alpha value is -5.96. The van der Waals surface area contributed by atoms with Crippen molar-refractivity contribution in [2.24, 2.45) is 0 Å². The normalized spacial score (nSPS) is 12.6. The Morgan fingerprint density at radius 1 is 0.340 bits per heavy atom. The zero-order valence-electron chi connectivity index (χ0n) is 29.8. The van der Waals surface area contributed by atoms with Crippen LogP contribution >= 0.6 is 15.9 Å². The summed E-state index contributed by atoms with van der Waals surface area (Å²) in [6.45, 7) is 4.70. The van der Waals surface area contributed by atoms with Crippen molar-refractivity contribution in [3.05, 3.63) is 210 Å². The first-order valence-electron chi connectivity index (χ1n) is 18.2. The summed E-state index contributed by atoms with van der Waals surface area (Å²) in [4.78, 5) is 2.42. The Morgan fingerprint density at radius 3 is 1.51 bits per heavy atom. The SMILES string of the molecule is CC1(C)c2ccccc2-c2ccc(N(c3cccc(-c4ccccc4)c3)c3cccc(-c4ccccc4-c4ccccc4-c4ccccc4Br)c3)cc21. The molecule has 0 amide bonds. The number of fused-ring (bicyclic) bond motifs is 3. The minimum atomic E-state index is -0.110.